The quantitative estimate of drug-likeness (QED) is 0.730. The second kappa shape index (κ2) is 5.85. The Hall–Kier alpha value is -1.32. The van der Waals surface area contributed by atoms with Crippen LogP contribution in [0.15, 0.2) is 12.1 Å². The Morgan fingerprint density at radius 3 is 1.88 bits per heavy atom. The zero-order valence-corrected chi connectivity index (χ0v) is 11.1. The molecule has 2 radical (unpaired) electrons. The van der Waals surface area contributed by atoms with Crippen LogP contribution in [-0.4, -0.2) is 27.2 Å². The predicted octanol–water partition coefficient (Wildman–Crippen LogP) is 2.06. The maximum Gasteiger partial charge on any atom is 0.165 e. The van der Waals surface area contributed by atoms with E-state index in [1.807, 2.05) is 27.7 Å². The molecule has 1 rings (SSSR count). The van der Waals surface area contributed by atoms with Crippen molar-refractivity contribution >= 4 is 13.3 Å². The van der Waals surface area contributed by atoms with Crippen molar-refractivity contribution < 1.29 is 14.2 Å². The number of hydrogen-bond donors (Lipinski definition) is 0. The zero-order valence-electron chi connectivity index (χ0n) is 11.1. The van der Waals surface area contributed by atoms with Crippen molar-refractivity contribution in [3.05, 3.63) is 12.1 Å². The molecular weight excluding hydrogens is 215 g/mol. The third kappa shape index (κ3) is 3.88. The third-order valence-corrected chi connectivity index (χ3v) is 2.02. The van der Waals surface area contributed by atoms with Crippen molar-refractivity contribution in [3.8, 4) is 17.2 Å². The Morgan fingerprint density at radius 2 is 1.41 bits per heavy atom. The molecular formula is C13H19BO3. The van der Waals surface area contributed by atoms with E-state index in [0.717, 1.165) is 0 Å². The van der Waals surface area contributed by atoms with Gasteiger partial charge < -0.3 is 14.2 Å². The van der Waals surface area contributed by atoms with Gasteiger partial charge >= 0.3 is 0 Å². The molecule has 4 heteroatoms. The van der Waals surface area contributed by atoms with Crippen molar-refractivity contribution in [3.63, 3.8) is 0 Å². The molecule has 0 saturated carbocycles. The van der Waals surface area contributed by atoms with E-state index in [2.05, 4.69) is 0 Å². The van der Waals surface area contributed by atoms with Gasteiger partial charge in [-0.1, -0.05) is 5.46 Å². The summed E-state index contributed by atoms with van der Waals surface area (Å²) < 4.78 is 16.5. The van der Waals surface area contributed by atoms with E-state index in [-0.39, 0.29) is 12.2 Å². The van der Waals surface area contributed by atoms with Crippen molar-refractivity contribution in [2.24, 2.45) is 0 Å². The Bertz CT molecular complexity index is 375. The van der Waals surface area contributed by atoms with Crippen LogP contribution in [0.1, 0.15) is 27.7 Å². The first kappa shape index (κ1) is 13.7. The minimum atomic E-state index is 0.0672. The van der Waals surface area contributed by atoms with Crippen LogP contribution in [-0.2, 0) is 0 Å². The molecule has 1 aromatic rings. The molecule has 0 saturated heterocycles. The molecule has 0 aliphatic carbocycles. The molecule has 0 aliphatic rings. The predicted molar refractivity (Wildman–Crippen MR) is 69.9 cm³/mol. The summed E-state index contributed by atoms with van der Waals surface area (Å²) in [6.45, 7) is 7.82. The van der Waals surface area contributed by atoms with E-state index in [4.69, 9.17) is 22.1 Å². The molecule has 17 heavy (non-hydrogen) atoms. The van der Waals surface area contributed by atoms with Gasteiger partial charge in [0, 0.05) is 6.07 Å². The summed E-state index contributed by atoms with van der Waals surface area (Å²) in [6, 6.07) is 3.49. The van der Waals surface area contributed by atoms with Gasteiger partial charge in [0.1, 0.15) is 13.6 Å². The minimum absolute atomic E-state index is 0.0672. The maximum atomic E-state index is 5.88. The number of rotatable bonds is 5. The normalized spacial score (nSPS) is 10.8. The molecule has 0 amide bonds. The maximum absolute atomic E-state index is 5.88. The van der Waals surface area contributed by atoms with Gasteiger partial charge in [0.05, 0.1) is 19.3 Å². The highest BCUT2D eigenvalue weighted by molar-refractivity contribution is 6.34. The molecule has 92 valence electrons. The van der Waals surface area contributed by atoms with Crippen molar-refractivity contribution in [1.29, 1.82) is 0 Å². The summed E-state index contributed by atoms with van der Waals surface area (Å²) in [5, 5.41) is 0. The summed E-state index contributed by atoms with van der Waals surface area (Å²) in [5.74, 6) is 1.89. The summed E-state index contributed by atoms with van der Waals surface area (Å²) in [5.41, 5.74) is 0.548. The van der Waals surface area contributed by atoms with Gasteiger partial charge in [0.15, 0.2) is 11.5 Å². The lowest BCUT2D eigenvalue weighted by Gasteiger charge is -2.18. The average Bonchev–Trinajstić information content (AvgIpc) is 2.21. The SMILES string of the molecule is [B]c1cc(OC)c(OC(C)C)cc1OC(C)C. The topological polar surface area (TPSA) is 27.7 Å². The fourth-order valence-corrected chi connectivity index (χ4v) is 1.42. The molecule has 0 atom stereocenters. The second-order valence-electron chi connectivity index (χ2n) is 4.37. The van der Waals surface area contributed by atoms with Gasteiger partial charge in [-0.15, -0.1) is 0 Å². The van der Waals surface area contributed by atoms with Gasteiger partial charge in [-0.3, -0.25) is 0 Å². The van der Waals surface area contributed by atoms with Crippen molar-refractivity contribution in [1.82, 2.24) is 0 Å². The zero-order chi connectivity index (χ0) is 13.0. The van der Waals surface area contributed by atoms with Gasteiger partial charge in [-0.25, -0.2) is 0 Å². The first-order valence-corrected chi connectivity index (χ1v) is 5.74. The molecule has 0 spiro atoms. The fourth-order valence-electron chi connectivity index (χ4n) is 1.42. The van der Waals surface area contributed by atoms with E-state index in [9.17, 15) is 0 Å². The van der Waals surface area contributed by atoms with E-state index in [0.29, 0.717) is 22.7 Å². The first-order valence-electron chi connectivity index (χ1n) is 5.74. The monoisotopic (exact) mass is 234 g/mol. The van der Waals surface area contributed by atoms with Crippen LogP contribution in [0, 0.1) is 0 Å². The molecule has 0 heterocycles. The summed E-state index contributed by atoms with van der Waals surface area (Å²) in [6.07, 6.45) is 0.136. The molecule has 0 unspecified atom stereocenters. The highest BCUT2D eigenvalue weighted by Crippen LogP contribution is 2.30. The van der Waals surface area contributed by atoms with Gasteiger partial charge in [-0.2, -0.15) is 0 Å². The fraction of sp³-hybridized carbons (Fsp3) is 0.538. The molecule has 3 nitrogen and oxygen atoms in total. The Morgan fingerprint density at radius 1 is 0.882 bits per heavy atom. The van der Waals surface area contributed by atoms with E-state index < -0.39 is 0 Å². The van der Waals surface area contributed by atoms with Gasteiger partial charge in [0.2, 0.25) is 0 Å². The number of ether oxygens (including phenoxy) is 3. The summed E-state index contributed by atoms with van der Waals surface area (Å²) in [7, 11) is 7.47. The number of hydrogen-bond acceptors (Lipinski definition) is 3. The smallest absolute Gasteiger partial charge is 0.165 e. The molecule has 0 N–H and O–H groups in total. The highest BCUT2D eigenvalue weighted by atomic mass is 16.5. The van der Waals surface area contributed by atoms with Crippen molar-refractivity contribution in [2.75, 3.05) is 7.11 Å². The van der Waals surface area contributed by atoms with Crippen LogP contribution in [0.4, 0.5) is 0 Å². The first-order chi connectivity index (χ1) is 7.93. The van der Waals surface area contributed by atoms with E-state index in [1.54, 1.807) is 19.2 Å². The van der Waals surface area contributed by atoms with Crippen LogP contribution in [0.3, 0.4) is 0 Å². The second-order valence-corrected chi connectivity index (χ2v) is 4.37. The van der Waals surface area contributed by atoms with Crippen LogP contribution >= 0.6 is 0 Å². The van der Waals surface area contributed by atoms with Gasteiger partial charge in [0.25, 0.3) is 0 Å². The van der Waals surface area contributed by atoms with Crippen molar-refractivity contribution in [2.45, 2.75) is 39.9 Å². The Balaban J connectivity index is 3.08. The van der Waals surface area contributed by atoms with E-state index in [1.165, 1.54) is 0 Å². The minimum Gasteiger partial charge on any atom is -0.493 e. The van der Waals surface area contributed by atoms with Gasteiger partial charge in [-0.05, 0) is 33.8 Å². The summed E-state index contributed by atoms with van der Waals surface area (Å²) >= 11 is 0. The highest BCUT2D eigenvalue weighted by Gasteiger charge is 2.12. The number of benzene rings is 1. The number of methoxy groups -OCH3 is 1. The van der Waals surface area contributed by atoms with Crippen LogP contribution < -0.4 is 19.7 Å². The summed E-state index contributed by atoms with van der Waals surface area (Å²) in [4.78, 5) is 0. The van der Waals surface area contributed by atoms with Crippen LogP contribution in [0.25, 0.3) is 0 Å². The standard InChI is InChI=1S/C13H19BO3/c1-8(2)16-11-7-13(17-9(3)4)12(15-5)6-10(11)14/h6-9H,1-5H3. The molecule has 1 aromatic carbocycles. The lowest BCUT2D eigenvalue weighted by atomic mass is 9.94. The average molecular weight is 234 g/mol. The van der Waals surface area contributed by atoms with E-state index >= 15 is 0 Å². The Labute approximate surface area is 104 Å². The third-order valence-electron chi connectivity index (χ3n) is 2.02. The largest absolute Gasteiger partial charge is 0.493 e. The van der Waals surface area contributed by atoms with Crippen LogP contribution in [0.2, 0.25) is 0 Å². The lowest BCUT2D eigenvalue weighted by molar-refractivity contribution is 0.221. The molecule has 0 aromatic heterocycles. The lowest BCUT2D eigenvalue weighted by Crippen LogP contribution is -2.16. The molecule has 0 fully saturated rings. The molecule has 0 bridgehead atoms. The molecule has 0 aliphatic heterocycles. The Kier molecular flexibility index (Phi) is 4.73. The van der Waals surface area contributed by atoms with Crippen LogP contribution in [0.5, 0.6) is 17.2 Å².